The van der Waals surface area contributed by atoms with Gasteiger partial charge in [-0.3, -0.25) is 14.6 Å². The number of primary amides is 1. The normalized spacial score (nSPS) is 10.3. The lowest BCUT2D eigenvalue weighted by Gasteiger charge is -2.10. The maximum Gasteiger partial charge on any atom is 0.255 e. The van der Waals surface area contributed by atoms with Gasteiger partial charge in [0.25, 0.3) is 5.91 Å². The summed E-state index contributed by atoms with van der Waals surface area (Å²) >= 11 is 0. The average molecular weight is 361 g/mol. The van der Waals surface area contributed by atoms with E-state index in [0.717, 1.165) is 11.3 Å². The second-order valence-corrected chi connectivity index (χ2v) is 5.98. The van der Waals surface area contributed by atoms with Crippen molar-refractivity contribution in [2.75, 3.05) is 5.32 Å². The van der Waals surface area contributed by atoms with Gasteiger partial charge >= 0.3 is 0 Å². The number of carbonyl (C=O) groups is 2. The van der Waals surface area contributed by atoms with Crippen molar-refractivity contribution in [3.05, 3.63) is 89.2 Å². The van der Waals surface area contributed by atoms with Crippen molar-refractivity contribution >= 4 is 17.5 Å². The Balaban J connectivity index is 1.63. The van der Waals surface area contributed by atoms with Crippen LogP contribution in [0.5, 0.6) is 5.75 Å². The number of hydrogen-bond donors (Lipinski definition) is 2. The molecule has 0 aliphatic carbocycles. The van der Waals surface area contributed by atoms with E-state index in [1.165, 1.54) is 0 Å². The maximum absolute atomic E-state index is 12.4. The third-order valence-electron chi connectivity index (χ3n) is 3.99. The largest absolute Gasteiger partial charge is 0.487 e. The third-order valence-corrected chi connectivity index (χ3v) is 3.99. The van der Waals surface area contributed by atoms with Crippen LogP contribution < -0.4 is 15.8 Å². The molecule has 0 spiro atoms. The summed E-state index contributed by atoms with van der Waals surface area (Å²) in [5.74, 6) is -0.0994. The lowest BCUT2D eigenvalue weighted by molar-refractivity contribution is 0.0998. The van der Waals surface area contributed by atoms with Crippen LogP contribution in [0.3, 0.4) is 0 Å². The molecule has 2 aromatic carbocycles. The number of aryl methyl sites for hydroxylation is 1. The molecule has 0 aliphatic rings. The Morgan fingerprint density at radius 1 is 1.04 bits per heavy atom. The SMILES string of the molecule is Cc1cc(C(N)=O)ccc1NC(=O)c1ccc(OCc2ccccn2)cc1. The van der Waals surface area contributed by atoms with Crippen molar-refractivity contribution in [1.82, 2.24) is 4.98 Å². The van der Waals surface area contributed by atoms with Gasteiger partial charge in [0, 0.05) is 23.0 Å². The fraction of sp³-hybridized carbons (Fsp3) is 0.0952. The van der Waals surface area contributed by atoms with E-state index in [0.29, 0.717) is 29.2 Å². The molecule has 0 atom stereocenters. The predicted molar refractivity (Wildman–Crippen MR) is 103 cm³/mol. The van der Waals surface area contributed by atoms with E-state index >= 15 is 0 Å². The first kappa shape index (κ1) is 18.1. The van der Waals surface area contributed by atoms with Gasteiger partial charge in [-0.2, -0.15) is 0 Å². The summed E-state index contributed by atoms with van der Waals surface area (Å²) in [6.07, 6.45) is 1.71. The highest BCUT2D eigenvalue weighted by atomic mass is 16.5. The zero-order valence-electron chi connectivity index (χ0n) is 14.8. The molecule has 3 aromatic rings. The van der Waals surface area contributed by atoms with Crippen molar-refractivity contribution in [1.29, 1.82) is 0 Å². The lowest BCUT2D eigenvalue weighted by atomic mass is 10.1. The van der Waals surface area contributed by atoms with Gasteiger partial charge in [-0.15, -0.1) is 0 Å². The van der Waals surface area contributed by atoms with E-state index in [1.54, 1.807) is 55.6 Å². The molecule has 0 fully saturated rings. The number of nitrogens with two attached hydrogens (primary N) is 1. The highest BCUT2D eigenvalue weighted by molar-refractivity contribution is 6.05. The number of carbonyl (C=O) groups excluding carboxylic acids is 2. The third kappa shape index (κ3) is 4.70. The van der Waals surface area contributed by atoms with Crippen molar-refractivity contribution in [2.45, 2.75) is 13.5 Å². The first-order chi connectivity index (χ1) is 13.0. The second-order valence-electron chi connectivity index (χ2n) is 5.98. The van der Waals surface area contributed by atoms with E-state index < -0.39 is 5.91 Å². The first-order valence-corrected chi connectivity index (χ1v) is 8.37. The van der Waals surface area contributed by atoms with Crippen molar-refractivity contribution in [3.63, 3.8) is 0 Å². The Bertz CT molecular complexity index is 954. The second kappa shape index (κ2) is 8.14. The van der Waals surface area contributed by atoms with Gasteiger partial charge in [0.05, 0.1) is 5.69 Å². The summed E-state index contributed by atoms with van der Waals surface area (Å²) in [5.41, 5.74) is 8.37. The minimum atomic E-state index is -0.503. The predicted octanol–water partition coefficient (Wildman–Crippen LogP) is 3.32. The molecule has 6 nitrogen and oxygen atoms in total. The summed E-state index contributed by atoms with van der Waals surface area (Å²) in [7, 11) is 0. The quantitative estimate of drug-likeness (QED) is 0.704. The Kier molecular flexibility index (Phi) is 5.47. The van der Waals surface area contributed by atoms with Gasteiger partial charge in [-0.1, -0.05) is 6.07 Å². The number of rotatable bonds is 6. The van der Waals surface area contributed by atoms with Crippen LogP contribution >= 0.6 is 0 Å². The first-order valence-electron chi connectivity index (χ1n) is 8.37. The number of aromatic nitrogens is 1. The Morgan fingerprint density at radius 3 is 2.41 bits per heavy atom. The molecule has 0 saturated carbocycles. The number of pyridine rings is 1. The molecule has 0 radical (unpaired) electrons. The topological polar surface area (TPSA) is 94.3 Å². The van der Waals surface area contributed by atoms with E-state index in [2.05, 4.69) is 10.3 Å². The fourth-order valence-electron chi connectivity index (χ4n) is 2.49. The van der Waals surface area contributed by atoms with Gasteiger partial charge in [0.15, 0.2) is 0 Å². The summed E-state index contributed by atoms with van der Waals surface area (Å²) < 4.78 is 5.66. The Hall–Kier alpha value is -3.67. The molecular weight excluding hydrogens is 342 g/mol. The van der Waals surface area contributed by atoms with Crippen LogP contribution in [0, 0.1) is 6.92 Å². The van der Waals surface area contributed by atoms with Gasteiger partial charge in [0.1, 0.15) is 12.4 Å². The number of anilines is 1. The molecule has 0 aliphatic heterocycles. The van der Waals surface area contributed by atoms with Crippen molar-refractivity contribution in [2.24, 2.45) is 5.73 Å². The number of nitrogens with one attached hydrogen (secondary N) is 1. The minimum Gasteiger partial charge on any atom is -0.487 e. The molecule has 0 unspecified atom stereocenters. The van der Waals surface area contributed by atoms with Crippen LogP contribution in [-0.4, -0.2) is 16.8 Å². The molecule has 1 heterocycles. The summed E-state index contributed by atoms with van der Waals surface area (Å²) in [5, 5.41) is 2.83. The number of benzene rings is 2. The van der Waals surface area contributed by atoms with E-state index in [4.69, 9.17) is 10.5 Å². The van der Waals surface area contributed by atoms with Crippen LogP contribution in [0.1, 0.15) is 32.0 Å². The van der Waals surface area contributed by atoms with Gasteiger partial charge < -0.3 is 15.8 Å². The number of amides is 2. The Morgan fingerprint density at radius 2 is 1.78 bits per heavy atom. The average Bonchev–Trinajstić information content (AvgIpc) is 2.69. The van der Waals surface area contributed by atoms with E-state index in [1.807, 2.05) is 18.2 Å². The van der Waals surface area contributed by atoms with Crippen LogP contribution in [0.25, 0.3) is 0 Å². The molecule has 6 heteroatoms. The highest BCUT2D eigenvalue weighted by Gasteiger charge is 2.10. The minimum absolute atomic E-state index is 0.249. The van der Waals surface area contributed by atoms with Crippen LogP contribution in [0.2, 0.25) is 0 Å². The smallest absolute Gasteiger partial charge is 0.255 e. The summed E-state index contributed by atoms with van der Waals surface area (Å²) in [6, 6.07) is 17.4. The maximum atomic E-state index is 12.4. The number of nitrogens with zero attached hydrogens (tertiary/aromatic N) is 1. The fourth-order valence-corrected chi connectivity index (χ4v) is 2.49. The van der Waals surface area contributed by atoms with Crippen LogP contribution in [-0.2, 0) is 6.61 Å². The standard InChI is InChI=1S/C21H19N3O3/c1-14-12-16(20(22)25)7-10-19(14)24-21(26)15-5-8-18(9-6-15)27-13-17-4-2-3-11-23-17/h2-12H,13H2,1H3,(H2,22,25)(H,24,26). The van der Waals surface area contributed by atoms with Crippen LogP contribution in [0.15, 0.2) is 66.9 Å². The van der Waals surface area contributed by atoms with E-state index in [-0.39, 0.29) is 5.91 Å². The molecule has 0 saturated heterocycles. The molecule has 136 valence electrons. The highest BCUT2D eigenvalue weighted by Crippen LogP contribution is 2.19. The summed E-state index contributed by atoms with van der Waals surface area (Å²) in [4.78, 5) is 27.8. The van der Waals surface area contributed by atoms with Gasteiger partial charge in [0.2, 0.25) is 5.91 Å². The molecule has 1 aromatic heterocycles. The molecule has 0 bridgehead atoms. The zero-order chi connectivity index (χ0) is 19.2. The lowest BCUT2D eigenvalue weighted by Crippen LogP contribution is -2.14. The van der Waals surface area contributed by atoms with Crippen molar-refractivity contribution < 1.29 is 14.3 Å². The molecule has 3 rings (SSSR count). The van der Waals surface area contributed by atoms with Gasteiger partial charge in [-0.05, 0) is 67.1 Å². The Labute approximate surface area is 157 Å². The summed E-state index contributed by atoms with van der Waals surface area (Å²) in [6.45, 7) is 2.16. The van der Waals surface area contributed by atoms with Gasteiger partial charge in [-0.25, -0.2) is 0 Å². The molecular formula is C21H19N3O3. The molecule has 2 amide bonds. The zero-order valence-corrected chi connectivity index (χ0v) is 14.8. The molecule has 3 N–H and O–H groups in total. The van der Waals surface area contributed by atoms with E-state index in [9.17, 15) is 9.59 Å². The van der Waals surface area contributed by atoms with Crippen LogP contribution in [0.4, 0.5) is 5.69 Å². The van der Waals surface area contributed by atoms with Crippen molar-refractivity contribution in [3.8, 4) is 5.75 Å². The number of hydrogen-bond acceptors (Lipinski definition) is 4. The number of ether oxygens (including phenoxy) is 1. The monoisotopic (exact) mass is 361 g/mol. The molecule has 27 heavy (non-hydrogen) atoms.